The molecule has 0 radical (unpaired) electrons. The Bertz CT molecular complexity index is 805. The predicted octanol–water partition coefficient (Wildman–Crippen LogP) is 3.13. The first-order valence-electron chi connectivity index (χ1n) is 9.99. The highest BCUT2D eigenvalue weighted by atomic mass is 16.5. The van der Waals surface area contributed by atoms with E-state index in [1.54, 1.807) is 4.90 Å². The number of nitrogens with zero attached hydrogens (tertiary/aromatic N) is 1. The molecule has 6 heteroatoms. The van der Waals surface area contributed by atoms with Crippen molar-refractivity contribution < 1.29 is 19.1 Å². The molecule has 1 saturated heterocycles. The number of rotatable bonds is 8. The highest BCUT2D eigenvalue weighted by Crippen LogP contribution is 2.22. The molecule has 3 rings (SSSR count). The first kappa shape index (κ1) is 20.9. The lowest BCUT2D eigenvalue weighted by atomic mass is 10.0. The van der Waals surface area contributed by atoms with Crippen LogP contribution in [0, 0.1) is 0 Å². The molecule has 1 unspecified atom stereocenters. The standard InChI is InChI=1S/C23H28N2O4/c1-17(2)18-8-10-19(11-9-18)25-15-21(29-16-23(25)27)14-24-22(26)12-13-28-20-6-4-3-5-7-20/h3-11,17,21H,12-16H2,1-2H3,(H,24,26). The third kappa shape index (κ3) is 6.06. The van der Waals surface area contributed by atoms with E-state index in [1.165, 1.54) is 5.56 Å². The Morgan fingerprint density at radius 3 is 2.59 bits per heavy atom. The van der Waals surface area contributed by atoms with Crippen LogP contribution in [0.15, 0.2) is 54.6 Å². The summed E-state index contributed by atoms with van der Waals surface area (Å²) in [5, 5.41) is 2.87. The summed E-state index contributed by atoms with van der Waals surface area (Å²) in [6.07, 6.45) is 0.0254. The minimum atomic E-state index is -0.239. The molecule has 1 aliphatic heterocycles. The number of benzene rings is 2. The molecule has 0 aliphatic carbocycles. The normalized spacial score (nSPS) is 16.7. The Hall–Kier alpha value is -2.86. The zero-order valence-corrected chi connectivity index (χ0v) is 17.0. The van der Waals surface area contributed by atoms with E-state index < -0.39 is 0 Å². The Kier molecular flexibility index (Phi) is 7.25. The zero-order chi connectivity index (χ0) is 20.6. The summed E-state index contributed by atoms with van der Waals surface area (Å²) in [5.41, 5.74) is 2.09. The monoisotopic (exact) mass is 396 g/mol. The van der Waals surface area contributed by atoms with Crippen LogP contribution in [0.4, 0.5) is 5.69 Å². The molecule has 1 N–H and O–H groups in total. The van der Waals surface area contributed by atoms with Gasteiger partial charge in [-0.05, 0) is 35.7 Å². The Balaban J connectivity index is 1.45. The number of anilines is 1. The van der Waals surface area contributed by atoms with E-state index in [0.29, 0.717) is 25.6 Å². The van der Waals surface area contributed by atoms with E-state index in [9.17, 15) is 9.59 Å². The van der Waals surface area contributed by atoms with E-state index in [-0.39, 0.29) is 30.9 Å². The smallest absolute Gasteiger partial charge is 0.253 e. The van der Waals surface area contributed by atoms with Crippen LogP contribution in [0.5, 0.6) is 5.75 Å². The number of amides is 2. The topological polar surface area (TPSA) is 67.9 Å². The van der Waals surface area contributed by atoms with Crippen molar-refractivity contribution in [1.29, 1.82) is 0 Å². The van der Waals surface area contributed by atoms with Crippen LogP contribution in [0.2, 0.25) is 0 Å². The molecule has 1 fully saturated rings. The van der Waals surface area contributed by atoms with Gasteiger partial charge in [-0.15, -0.1) is 0 Å². The van der Waals surface area contributed by atoms with Crippen LogP contribution in [-0.4, -0.2) is 44.2 Å². The van der Waals surface area contributed by atoms with Crippen molar-refractivity contribution in [3.05, 3.63) is 60.2 Å². The van der Waals surface area contributed by atoms with Crippen molar-refractivity contribution in [2.24, 2.45) is 0 Å². The lowest BCUT2D eigenvalue weighted by Crippen LogP contribution is -2.50. The molecule has 1 atom stereocenters. The fraction of sp³-hybridized carbons (Fsp3) is 0.391. The number of nitrogens with one attached hydrogen (secondary N) is 1. The molecule has 0 saturated carbocycles. The second-order valence-corrected chi connectivity index (χ2v) is 7.40. The molecule has 2 aromatic carbocycles. The SMILES string of the molecule is CC(C)c1ccc(N2CC(CNC(=O)CCOc3ccccc3)OCC2=O)cc1. The Morgan fingerprint density at radius 2 is 1.90 bits per heavy atom. The van der Waals surface area contributed by atoms with E-state index in [1.807, 2.05) is 54.6 Å². The maximum absolute atomic E-state index is 12.3. The molecule has 2 aromatic rings. The highest BCUT2D eigenvalue weighted by Gasteiger charge is 2.27. The molecule has 2 amide bonds. The number of carbonyl (C=O) groups excluding carboxylic acids is 2. The van der Waals surface area contributed by atoms with Gasteiger partial charge in [0, 0.05) is 12.2 Å². The number of ether oxygens (including phenoxy) is 2. The van der Waals surface area contributed by atoms with Gasteiger partial charge >= 0.3 is 0 Å². The zero-order valence-electron chi connectivity index (χ0n) is 17.0. The third-order valence-corrected chi connectivity index (χ3v) is 4.87. The first-order valence-corrected chi connectivity index (χ1v) is 9.99. The van der Waals surface area contributed by atoms with Gasteiger partial charge in [-0.3, -0.25) is 9.59 Å². The summed E-state index contributed by atoms with van der Waals surface area (Å²) >= 11 is 0. The largest absolute Gasteiger partial charge is 0.493 e. The molecule has 1 heterocycles. The van der Waals surface area contributed by atoms with Gasteiger partial charge in [-0.25, -0.2) is 0 Å². The fourth-order valence-electron chi connectivity index (χ4n) is 3.13. The lowest BCUT2D eigenvalue weighted by Gasteiger charge is -2.33. The van der Waals surface area contributed by atoms with Crippen LogP contribution in [0.3, 0.4) is 0 Å². The summed E-state index contributed by atoms with van der Waals surface area (Å²) < 4.78 is 11.1. The van der Waals surface area contributed by atoms with Gasteiger partial charge in [0.25, 0.3) is 5.91 Å². The maximum atomic E-state index is 12.3. The second kappa shape index (κ2) is 10.1. The number of carbonyl (C=O) groups is 2. The van der Waals surface area contributed by atoms with Gasteiger partial charge in [0.2, 0.25) is 5.91 Å². The third-order valence-electron chi connectivity index (χ3n) is 4.87. The van der Waals surface area contributed by atoms with E-state index in [2.05, 4.69) is 19.2 Å². The lowest BCUT2D eigenvalue weighted by molar-refractivity contribution is -0.129. The van der Waals surface area contributed by atoms with Crippen LogP contribution in [0.25, 0.3) is 0 Å². The van der Waals surface area contributed by atoms with Gasteiger partial charge in [-0.2, -0.15) is 0 Å². The van der Waals surface area contributed by atoms with E-state index >= 15 is 0 Å². The average molecular weight is 396 g/mol. The molecule has 29 heavy (non-hydrogen) atoms. The second-order valence-electron chi connectivity index (χ2n) is 7.40. The van der Waals surface area contributed by atoms with Gasteiger partial charge in [0.15, 0.2) is 0 Å². The minimum Gasteiger partial charge on any atom is -0.493 e. The molecule has 0 bridgehead atoms. The minimum absolute atomic E-state index is 0.0174. The van der Waals surface area contributed by atoms with Crippen LogP contribution in [-0.2, 0) is 14.3 Å². The first-order chi connectivity index (χ1) is 14.0. The van der Waals surface area contributed by atoms with Crippen molar-refractivity contribution in [1.82, 2.24) is 5.32 Å². The summed E-state index contributed by atoms with van der Waals surface area (Å²) in [6.45, 7) is 5.38. The molecule has 6 nitrogen and oxygen atoms in total. The van der Waals surface area contributed by atoms with Crippen LogP contribution >= 0.6 is 0 Å². The van der Waals surface area contributed by atoms with Crippen molar-refractivity contribution in [3.8, 4) is 5.75 Å². The summed E-state index contributed by atoms with van der Waals surface area (Å²) in [7, 11) is 0. The van der Waals surface area contributed by atoms with Crippen molar-refractivity contribution in [2.45, 2.75) is 32.3 Å². The highest BCUT2D eigenvalue weighted by molar-refractivity contribution is 5.95. The van der Waals surface area contributed by atoms with Crippen LogP contribution in [0.1, 0.15) is 31.7 Å². The van der Waals surface area contributed by atoms with Gasteiger partial charge in [0.05, 0.1) is 25.7 Å². The van der Waals surface area contributed by atoms with Gasteiger partial charge in [-0.1, -0.05) is 44.2 Å². The Morgan fingerprint density at radius 1 is 1.17 bits per heavy atom. The molecule has 154 valence electrons. The molecule has 0 spiro atoms. The van der Waals surface area contributed by atoms with E-state index in [4.69, 9.17) is 9.47 Å². The number of morpholine rings is 1. The van der Waals surface area contributed by atoms with Crippen LogP contribution < -0.4 is 15.0 Å². The molecular weight excluding hydrogens is 368 g/mol. The number of hydrogen-bond acceptors (Lipinski definition) is 4. The number of para-hydroxylation sites is 1. The van der Waals surface area contributed by atoms with Crippen molar-refractivity contribution in [3.63, 3.8) is 0 Å². The summed E-state index contributed by atoms with van der Waals surface area (Å²) in [4.78, 5) is 26.1. The van der Waals surface area contributed by atoms with Gasteiger partial charge in [0.1, 0.15) is 12.4 Å². The quantitative estimate of drug-likeness (QED) is 0.744. The molecular formula is C23H28N2O4. The number of hydrogen-bond donors (Lipinski definition) is 1. The van der Waals surface area contributed by atoms with E-state index in [0.717, 1.165) is 11.4 Å². The fourth-order valence-corrected chi connectivity index (χ4v) is 3.13. The maximum Gasteiger partial charge on any atom is 0.253 e. The summed E-state index contributed by atoms with van der Waals surface area (Å²) in [6, 6.07) is 17.4. The Labute approximate surface area is 171 Å². The van der Waals surface area contributed by atoms with Gasteiger partial charge < -0.3 is 19.7 Å². The summed E-state index contributed by atoms with van der Waals surface area (Å²) in [5.74, 6) is 1.02. The molecule has 0 aromatic heterocycles. The predicted molar refractivity (Wildman–Crippen MR) is 112 cm³/mol. The average Bonchev–Trinajstić information content (AvgIpc) is 2.74. The molecule has 1 aliphatic rings. The van der Waals surface area contributed by atoms with Crippen molar-refractivity contribution in [2.75, 3.05) is 31.2 Å². The van der Waals surface area contributed by atoms with Crippen molar-refractivity contribution >= 4 is 17.5 Å².